The minimum atomic E-state index is -3.72. The molecule has 0 radical (unpaired) electrons. The summed E-state index contributed by atoms with van der Waals surface area (Å²) in [5.74, 6) is -1.12. The predicted molar refractivity (Wildman–Crippen MR) is 81.2 cm³/mol. The first kappa shape index (κ1) is 15.7. The lowest BCUT2D eigenvalue weighted by Crippen LogP contribution is -2.23. The fourth-order valence-corrected chi connectivity index (χ4v) is 4.33. The number of benzene rings is 1. The number of aryl methyl sites for hydroxylation is 2. The molecule has 112 valence electrons. The minimum Gasteiger partial charge on any atom is -0.477 e. The molecule has 1 aromatic heterocycles. The lowest BCUT2D eigenvalue weighted by atomic mass is 10.1. The van der Waals surface area contributed by atoms with Crippen LogP contribution in [0.1, 0.15) is 25.7 Å². The van der Waals surface area contributed by atoms with Crippen LogP contribution in [0.2, 0.25) is 0 Å². The number of carboxylic acid groups (broad SMARTS) is 1. The Bertz CT molecular complexity index is 778. The van der Waals surface area contributed by atoms with Crippen LogP contribution in [0.4, 0.5) is 0 Å². The molecule has 21 heavy (non-hydrogen) atoms. The number of aromatic carboxylic acids is 1. The van der Waals surface area contributed by atoms with Crippen molar-refractivity contribution in [3.8, 4) is 0 Å². The molecule has 0 fully saturated rings. The highest BCUT2D eigenvalue weighted by molar-refractivity contribution is 7.89. The Morgan fingerprint density at radius 3 is 2.52 bits per heavy atom. The number of carboxylic acids is 1. The van der Waals surface area contributed by atoms with Gasteiger partial charge in [-0.05, 0) is 31.0 Å². The average Bonchev–Trinajstić information content (AvgIpc) is 2.81. The fraction of sp³-hybridized carbons (Fsp3) is 0.214. The molecule has 2 N–H and O–H groups in total. The number of nitrogens with one attached hydrogen (secondary N) is 1. The van der Waals surface area contributed by atoms with Crippen LogP contribution in [-0.2, 0) is 16.6 Å². The molecule has 0 bridgehead atoms. The molecule has 0 amide bonds. The molecule has 0 atom stereocenters. The van der Waals surface area contributed by atoms with Crippen molar-refractivity contribution in [3.05, 3.63) is 51.2 Å². The Morgan fingerprint density at radius 2 is 1.95 bits per heavy atom. The molecule has 0 aliphatic rings. The van der Waals surface area contributed by atoms with Crippen LogP contribution in [0, 0.1) is 13.8 Å². The van der Waals surface area contributed by atoms with Crippen LogP contribution in [0.5, 0.6) is 0 Å². The van der Waals surface area contributed by atoms with Gasteiger partial charge in [0.15, 0.2) is 0 Å². The van der Waals surface area contributed by atoms with Gasteiger partial charge in [-0.1, -0.05) is 24.3 Å². The normalized spacial score (nSPS) is 11.5. The molecule has 1 aromatic carbocycles. The summed E-state index contributed by atoms with van der Waals surface area (Å²) >= 11 is 0.955. The van der Waals surface area contributed by atoms with E-state index in [4.69, 9.17) is 5.11 Å². The van der Waals surface area contributed by atoms with Crippen molar-refractivity contribution in [3.63, 3.8) is 0 Å². The Kier molecular flexibility index (Phi) is 4.46. The maximum Gasteiger partial charge on any atom is 0.345 e. The van der Waals surface area contributed by atoms with Crippen molar-refractivity contribution < 1.29 is 18.3 Å². The van der Waals surface area contributed by atoms with Crippen LogP contribution < -0.4 is 4.72 Å². The van der Waals surface area contributed by atoms with Crippen LogP contribution in [0.3, 0.4) is 0 Å². The highest BCUT2D eigenvalue weighted by atomic mass is 32.2. The highest BCUT2D eigenvalue weighted by Gasteiger charge is 2.22. The van der Waals surface area contributed by atoms with Crippen molar-refractivity contribution in [2.45, 2.75) is 25.3 Å². The summed E-state index contributed by atoms with van der Waals surface area (Å²) in [7, 11) is -3.72. The van der Waals surface area contributed by atoms with Gasteiger partial charge in [0.1, 0.15) is 4.88 Å². The number of thiophene rings is 1. The average molecular weight is 325 g/mol. The molecule has 0 spiro atoms. The molecule has 0 saturated heterocycles. The highest BCUT2D eigenvalue weighted by Crippen LogP contribution is 2.25. The van der Waals surface area contributed by atoms with E-state index in [1.165, 1.54) is 6.07 Å². The lowest BCUT2D eigenvalue weighted by molar-refractivity contribution is 0.0702. The molecule has 2 aromatic rings. The van der Waals surface area contributed by atoms with Crippen molar-refractivity contribution >= 4 is 27.3 Å². The second kappa shape index (κ2) is 5.97. The Labute approximate surface area is 127 Å². The van der Waals surface area contributed by atoms with Gasteiger partial charge >= 0.3 is 5.97 Å². The van der Waals surface area contributed by atoms with Crippen molar-refractivity contribution in [2.24, 2.45) is 0 Å². The van der Waals surface area contributed by atoms with Gasteiger partial charge in [-0.25, -0.2) is 17.9 Å². The van der Waals surface area contributed by atoms with Gasteiger partial charge in [-0.3, -0.25) is 0 Å². The summed E-state index contributed by atoms with van der Waals surface area (Å²) in [5.41, 5.74) is 1.88. The van der Waals surface area contributed by atoms with Gasteiger partial charge in [-0.2, -0.15) is 0 Å². The molecule has 0 aliphatic carbocycles. The largest absolute Gasteiger partial charge is 0.477 e. The van der Waals surface area contributed by atoms with Gasteiger partial charge in [-0.15, -0.1) is 11.3 Å². The van der Waals surface area contributed by atoms with E-state index >= 15 is 0 Å². The third-order valence-corrected chi connectivity index (χ3v) is 5.78. The summed E-state index contributed by atoms with van der Waals surface area (Å²) in [6.45, 7) is 3.67. The van der Waals surface area contributed by atoms with Crippen molar-refractivity contribution in [2.75, 3.05) is 0 Å². The van der Waals surface area contributed by atoms with Crippen LogP contribution in [0.25, 0.3) is 0 Å². The van der Waals surface area contributed by atoms with Gasteiger partial charge in [0.2, 0.25) is 10.0 Å². The number of hydrogen-bond acceptors (Lipinski definition) is 4. The molecule has 0 aliphatic heterocycles. The second-order valence-electron chi connectivity index (χ2n) is 4.59. The van der Waals surface area contributed by atoms with Gasteiger partial charge < -0.3 is 5.11 Å². The van der Waals surface area contributed by atoms with E-state index in [-0.39, 0.29) is 16.3 Å². The third-order valence-electron chi connectivity index (χ3n) is 3.09. The predicted octanol–water partition coefficient (Wildman–Crippen LogP) is 2.54. The first-order valence-electron chi connectivity index (χ1n) is 6.19. The van der Waals surface area contributed by atoms with Gasteiger partial charge in [0.05, 0.1) is 4.90 Å². The maximum absolute atomic E-state index is 12.3. The van der Waals surface area contributed by atoms with Gasteiger partial charge in [0, 0.05) is 11.4 Å². The number of hydrogen-bond donors (Lipinski definition) is 2. The zero-order valence-electron chi connectivity index (χ0n) is 11.6. The summed E-state index contributed by atoms with van der Waals surface area (Å²) in [6, 6.07) is 8.68. The van der Waals surface area contributed by atoms with E-state index in [1.807, 2.05) is 31.2 Å². The van der Waals surface area contributed by atoms with Crippen LogP contribution in [0.15, 0.2) is 35.2 Å². The second-order valence-corrected chi connectivity index (χ2v) is 7.58. The molecule has 2 rings (SSSR count). The standard InChI is InChI=1S/C14H15NO4S2/c1-9-5-3-4-6-11(9)8-15-21(18,19)13-7-12(14(16)17)20-10(13)2/h3-7,15H,8H2,1-2H3,(H,16,17). The molecule has 0 saturated carbocycles. The maximum atomic E-state index is 12.3. The zero-order valence-corrected chi connectivity index (χ0v) is 13.2. The summed E-state index contributed by atoms with van der Waals surface area (Å²) in [4.78, 5) is 11.4. The smallest absolute Gasteiger partial charge is 0.345 e. The van der Waals surface area contributed by atoms with Crippen LogP contribution in [-0.4, -0.2) is 19.5 Å². The Balaban J connectivity index is 2.23. The summed E-state index contributed by atoms with van der Waals surface area (Å²) in [5, 5.41) is 8.93. The van der Waals surface area contributed by atoms with Crippen molar-refractivity contribution in [1.82, 2.24) is 4.72 Å². The lowest BCUT2D eigenvalue weighted by Gasteiger charge is -2.08. The molecular weight excluding hydrogens is 310 g/mol. The molecular formula is C14H15NO4S2. The molecule has 5 nitrogen and oxygen atoms in total. The van der Waals surface area contributed by atoms with Crippen LogP contribution >= 0.6 is 11.3 Å². The summed E-state index contributed by atoms with van der Waals surface area (Å²) in [6.07, 6.45) is 0. The van der Waals surface area contributed by atoms with Crippen molar-refractivity contribution in [1.29, 1.82) is 0 Å². The SMILES string of the molecule is Cc1ccccc1CNS(=O)(=O)c1cc(C(=O)O)sc1C. The molecule has 1 heterocycles. The first-order chi connectivity index (χ1) is 9.81. The number of rotatable bonds is 5. The first-order valence-corrected chi connectivity index (χ1v) is 8.49. The zero-order chi connectivity index (χ0) is 15.6. The quantitative estimate of drug-likeness (QED) is 0.885. The van der Waals surface area contributed by atoms with E-state index in [2.05, 4.69) is 4.72 Å². The van der Waals surface area contributed by atoms with E-state index in [0.717, 1.165) is 22.5 Å². The molecule has 7 heteroatoms. The summed E-state index contributed by atoms with van der Waals surface area (Å²) < 4.78 is 27.1. The van der Waals surface area contributed by atoms with E-state index in [9.17, 15) is 13.2 Å². The van der Waals surface area contributed by atoms with E-state index < -0.39 is 16.0 Å². The Morgan fingerprint density at radius 1 is 1.29 bits per heavy atom. The van der Waals surface area contributed by atoms with E-state index in [1.54, 1.807) is 6.92 Å². The minimum absolute atomic E-state index is 0.0174. The monoisotopic (exact) mass is 325 g/mol. The molecule has 0 unspecified atom stereocenters. The number of carbonyl (C=O) groups is 1. The number of sulfonamides is 1. The fourth-order valence-electron chi connectivity index (χ4n) is 1.90. The topological polar surface area (TPSA) is 83.5 Å². The van der Waals surface area contributed by atoms with E-state index in [0.29, 0.717) is 4.88 Å². The van der Waals surface area contributed by atoms with Gasteiger partial charge in [0.25, 0.3) is 0 Å². The third kappa shape index (κ3) is 3.49. The Hall–Kier alpha value is -1.70.